The zero-order chi connectivity index (χ0) is 13.2. The normalized spacial score (nSPS) is 18.0. The summed E-state index contributed by atoms with van der Waals surface area (Å²) in [6.45, 7) is 3.96. The van der Waals surface area contributed by atoms with Crippen LogP contribution in [0.5, 0.6) is 0 Å². The Kier molecular flexibility index (Phi) is 3.36. The van der Waals surface area contributed by atoms with Crippen LogP contribution in [0.2, 0.25) is 0 Å². The standard InChI is InChI=1S/C17H19NO/c1-13(17(19)14-7-3-2-4-8-14)18-11-15-9-5-6-10-16(15)12-18/h2-10,13,17,19H,11-12H2,1H3. The van der Waals surface area contributed by atoms with Crippen LogP contribution in [0.25, 0.3) is 0 Å². The number of rotatable bonds is 3. The molecule has 2 aromatic carbocycles. The number of benzene rings is 2. The lowest BCUT2D eigenvalue weighted by molar-refractivity contribution is 0.0559. The van der Waals surface area contributed by atoms with Gasteiger partial charge in [-0.25, -0.2) is 0 Å². The smallest absolute Gasteiger partial charge is 0.0942 e. The molecule has 0 amide bonds. The number of hydrogen-bond donors (Lipinski definition) is 1. The van der Waals surface area contributed by atoms with E-state index in [9.17, 15) is 5.11 Å². The molecule has 0 radical (unpaired) electrons. The van der Waals surface area contributed by atoms with Crippen LogP contribution in [-0.2, 0) is 13.1 Å². The van der Waals surface area contributed by atoms with Gasteiger partial charge in [0.05, 0.1) is 6.10 Å². The Morgan fingerprint density at radius 3 is 2.00 bits per heavy atom. The second-order valence-electron chi connectivity index (χ2n) is 5.27. The van der Waals surface area contributed by atoms with Crippen LogP contribution in [0.4, 0.5) is 0 Å². The van der Waals surface area contributed by atoms with Gasteiger partial charge in [0.2, 0.25) is 0 Å². The Morgan fingerprint density at radius 2 is 1.42 bits per heavy atom. The topological polar surface area (TPSA) is 23.5 Å². The SMILES string of the molecule is CC(C(O)c1ccccc1)N1Cc2ccccc2C1. The predicted molar refractivity (Wildman–Crippen MR) is 76.6 cm³/mol. The second-order valence-corrected chi connectivity index (χ2v) is 5.27. The lowest BCUT2D eigenvalue weighted by atomic mass is 10.0. The van der Waals surface area contributed by atoms with Gasteiger partial charge in [-0.1, -0.05) is 54.6 Å². The molecule has 0 saturated heterocycles. The van der Waals surface area contributed by atoms with Gasteiger partial charge in [-0.15, -0.1) is 0 Å². The average molecular weight is 253 g/mol. The van der Waals surface area contributed by atoms with Gasteiger partial charge in [0.1, 0.15) is 0 Å². The molecular formula is C17H19NO. The van der Waals surface area contributed by atoms with Crippen molar-refractivity contribution >= 4 is 0 Å². The molecule has 0 aromatic heterocycles. The van der Waals surface area contributed by atoms with Gasteiger partial charge < -0.3 is 5.11 Å². The van der Waals surface area contributed by atoms with E-state index in [4.69, 9.17) is 0 Å². The zero-order valence-corrected chi connectivity index (χ0v) is 11.2. The fourth-order valence-corrected chi connectivity index (χ4v) is 2.78. The van der Waals surface area contributed by atoms with Crippen LogP contribution in [-0.4, -0.2) is 16.0 Å². The molecule has 2 heteroatoms. The van der Waals surface area contributed by atoms with Gasteiger partial charge in [-0.2, -0.15) is 0 Å². The highest BCUT2D eigenvalue weighted by molar-refractivity contribution is 5.30. The Bertz CT molecular complexity index is 527. The molecule has 19 heavy (non-hydrogen) atoms. The van der Waals surface area contributed by atoms with Crippen LogP contribution in [0, 0.1) is 0 Å². The molecule has 2 nitrogen and oxygen atoms in total. The van der Waals surface area contributed by atoms with Gasteiger partial charge in [0, 0.05) is 19.1 Å². The molecule has 2 aromatic rings. The van der Waals surface area contributed by atoms with E-state index in [1.165, 1.54) is 11.1 Å². The fraction of sp³-hybridized carbons (Fsp3) is 0.294. The van der Waals surface area contributed by atoms with Crippen molar-refractivity contribution in [1.82, 2.24) is 4.90 Å². The van der Waals surface area contributed by atoms with Gasteiger partial charge >= 0.3 is 0 Å². The van der Waals surface area contributed by atoms with Crippen LogP contribution in [0.1, 0.15) is 29.7 Å². The third kappa shape index (κ3) is 2.42. The summed E-state index contributed by atoms with van der Waals surface area (Å²) < 4.78 is 0. The first kappa shape index (κ1) is 12.4. The first-order valence-corrected chi connectivity index (χ1v) is 6.79. The van der Waals surface area contributed by atoms with Crippen LogP contribution in [0.15, 0.2) is 54.6 Å². The van der Waals surface area contributed by atoms with Crippen molar-refractivity contribution in [2.75, 3.05) is 0 Å². The van der Waals surface area contributed by atoms with Crippen molar-refractivity contribution in [3.05, 3.63) is 71.3 Å². The Hall–Kier alpha value is -1.64. The maximum absolute atomic E-state index is 10.5. The summed E-state index contributed by atoms with van der Waals surface area (Å²) in [5.41, 5.74) is 3.76. The van der Waals surface area contributed by atoms with Gasteiger partial charge in [0.25, 0.3) is 0 Å². The molecule has 0 aliphatic carbocycles. The van der Waals surface area contributed by atoms with Crippen LogP contribution in [0.3, 0.4) is 0 Å². The molecule has 0 saturated carbocycles. The minimum absolute atomic E-state index is 0.120. The average Bonchev–Trinajstić information content (AvgIpc) is 2.90. The molecular weight excluding hydrogens is 234 g/mol. The van der Waals surface area contributed by atoms with Crippen molar-refractivity contribution in [1.29, 1.82) is 0 Å². The molecule has 2 unspecified atom stereocenters. The van der Waals surface area contributed by atoms with Gasteiger partial charge in [0.15, 0.2) is 0 Å². The first-order chi connectivity index (χ1) is 9.25. The summed E-state index contributed by atoms with van der Waals surface area (Å²) in [5.74, 6) is 0. The zero-order valence-electron chi connectivity index (χ0n) is 11.2. The minimum atomic E-state index is -0.435. The third-order valence-electron chi connectivity index (χ3n) is 4.04. The van der Waals surface area contributed by atoms with Crippen molar-refractivity contribution < 1.29 is 5.11 Å². The molecule has 0 fully saturated rings. The Balaban J connectivity index is 1.75. The van der Waals surface area contributed by atoms with Crippen molar-refractivity contribution in [3.8, 4) is 0 Å². The number of aliphatic hydroxyl groups excluding tert-OH is 1. The van der Waals surface area contributed by atoms with Crippen molar-refractivity contribution in [3.63, 3.8) is 0 Å². The van der Waals surface area contributed by atoms with E-state index >= 15 is 0 Å². The van der Waals surface area contributed by atoms with Crippen molar-refractivity contribution in [2.24, 2.45) is 0 Å². The quantitative estimate of drug-likeness (QED) is 0.908. The van der Waals surface area contributed by atoms with E-state index in [0.29, 0.717) is 0 Å². The fourth-order valence-electron chi connectivity index (χ4n) is 2.78. The molecule has 1 heterocycles. The number of hydrogen-bond acceptors (Lipinski definition) is 2. The number of fused-ring (bicyclic) bond motifs is 1. The van der Waals surface area contributed by atoms with E-state index in [2.05, 4.69) is 36.1 Å². The van der Waals surface area contributed by atoms with E-state index in [-0.39, 0.29) is 6.04 Å². The highest BCUT2D eigenvalue weighted by Gasteiger charge is 2.27. The summed E-state index contributed by atoms with van der Waals surface area (Å²) in [6.07, 6.45) is -0.435. The molecule has 2 atom stereocenters. The van der Waals surface area contributed by atoms with Gasteiger partial charge in [-0.05, 0) is 23.6 Å². The van der Waals surface area contributed by atoms with E-state index in [0.717, 1.165) is 18.7 Å². The largest absolute Gasteiger partial charge is 0.387 e. The lowest BCUT2D eigenvalue weighted by Crippen LogP contribution is -2.33. The van der Waals surface area contributed by atoms with Crippen LogP contribution >= 0.6 is 0 Å². The highest BCUT2D eigenvalue weighted by Crippen LogP contribution is 2.29. The molecule has 3 rings (SSSR count). The summed E-state index contributed by atoms with van der Waals surface area (Å²) in [7, 11) is 0. The first-order valence-electron chi connectivity index (χ1n) is 6.79. The summed E-state index contributed by atoms with van der Waals surface area (Å²) in [5, 5.41) is 10.5. The molecule has 98 valence electrons. The lowest BCUT2D eigenvalue weighted by Gasteiger charge is -2.28. The maximum Gasteiger partial charge on any atom is 0.0942 e. The van der Waals surface area contributed by atoms with E-state index in [1.807, 2.05) is 30.3 Å². The summed E-state index contributed by atoms with van der Waals surface area (Å²) >= 11 is 0. The summed E-state index contributed by atoms with van der Waals surface area (Å²) in [4.78, 5) is 2.34. The third-order valence-corrected chi connectivity index (χ3v) is 4.04. The molecule has 0 bridgehead atoms. The number of aliphatic hydroxyl groups is 1. The van der Waals surface area contributed by atoms with Gasteiger partial charge in [-0.3, -0.25) is 4.90 Å². The Labute approximate surface area is 114 Å². The van der Waals surface area contributed by atoms with Crippen molar-refractivity contribution in [2.45, 2.75) is 32.2 Å². The molecule has 0 spiro atoms. The highest BCUT2D eigenvalue weighted by atomic mass is 16.3. The van der Waals surface area contributed by atoms with Crippen LogP contribution < -0.4 is 0 Å². The molecule has 1 N–H and O–H groups in total. The summed E-state index contributed by atoms with van der Waals surface area (Å²) in [6, 6.07) is 18.6. The molecule has 1 aliphatic rings. The Morgan fingerprint density at radius 1 is 0.895 bits per heavy atom. The monoisotopic (exact) mass is 253 g/mol. The van der Waals surface area contributed by atoms with E-state index < -0.39 is 6.10 Å². The van der Waals surface area contributed by atoms with E-state index in [1.54, 1.807) is 0 Å². The predicted octanol–water partition coefficient (Wildman–Crippen LogP) is 3.12. The maximum atomic E-state index is 10.5. The number of nitrogens with zero attached hydrogens (tertiary/aromatic N) is 1. The minimum Gasteiger partial charge on any atom is -0.387 e. The second kappa shape index (κ2) is 5.16. The molecule has 1 aliphatic heterocycles.